The second-order valence-electron chi connectivity index (χ2n) is 3.17. The van der Waals surface area contributed by atoms with Gasteiger partial charge in [0.25, 0.3) is 0 Å². The lowest BCUT2D eigenvalue weighted by atomic mass is 10.3. The van der Waals surface area contributed by atoms with E-state index >= 15 is 0 Å². The predicted octanol–water partition coefficient (Wildman–Crippen LogP) is -0.907. The molecule has 3 heteroatoms. The summed E-state index contributed by atoms with van der Waals surface area (Å²) in [6, 6.07) is 0.605. The fourth-order valence-corrected chi connectivity index (χ4v) is 1.29. The molecule has 0 amide bonds. The molecule has 0 radical (unpaired) electrons. The van der Waals surface area contributed by atoms with Crippen molar-refractivity contribution in [1.82, 2.24) is 4.90 Å². The van der Waals surface area contributed by atoms with Crippen LogP contribution in [0.2, 0.25) is 0 Å². The maximum atomic E-state index is 10.8. The van der Waals surface area contributed by atoms with Crippen LogP contribution in [-0.2, 0) is 0 Å². The summed E-state index contributed by atoms with van der Waals surface area (Å²) < 4.78 is 0. The van der Waals surface area contributed by atoms with Gasteiger partial charge in [-0.2, -0.15) is 0 Å². The molecule has 1 N–H and O–H groups in total. The van der Waals surface area contributed by atoms with E-state index in [9.17, 15) is 5.21 Å². The monoisotopic (exact) mass is 144 g/mol. The third kappa shape index (κ3) is 1.94. The van der Waals surface area contributed by atoms with E-state index < -0.39 is 0 Å². The van der Waals surface area contributed by atoms with Crippen LogP contribution in [0.15, 0.2) is 0 Å². The zero-order valence-corrected chi connectivity index (χ0v) is 6.76. The Hall–Kier alpha value is -0.120. The van der Waals surface area contributed by atoms with Crippen molar-refractivity contribution < 1.29 is 5.06 Å². The lowest BCUT2D eigenvalue weighted by molar-refractivity contribution is -0.853. The summed E-state index contributed by atoms with van der Waals surface area (Å²) in [5, 5.41) is 11.2. The van der Waals surface area contributed by atoms with Gasteiger partial charge < -0.3 is 10.3 Å². The molecule has 0 saturated carbocycles. The van der Waals surface area contributed by atoms with E-state index in [1.165, 1.54) is 0 Å². The molecule has 1 fully saturated rings. The van der Waals surface area contributed by atoms with Gasteiger partial charge in [0.05, 0.1) is 13.1 Å². The Labute approximate surface area is 62.2 Å². The molecule has 60 valence electrons. The van der Waals surface area contributed by atoms with Gasteiger partial charge >= 0.3 is 0 Å². The number of quaternary nitrogens is 1. The van der Waals surface area contributed by atoms with Crippen LogP contribution in [-0.4, -0.2) is 37.1 Å². The average molecular weight is 144 g/mol. The minimum absolute atomic E-state index is 0.428. The summed E-state index contributed by atoms with van der Waals surface area (Å²) in [5.41, 5.74) is 0. The number of hydrogen-bond acceptors (Lipinski definition) is 2. The number of hydroxylamine groups is 2. The third-order valence-corrected chi connectivity index (χ3v) is 2.09. The molecule has 0 bridgehead atoms. The average Bonchev–Trinajstić information content (AvgIpc) is 1.88. The molecular formula is C7H16N2O. The first-order valence-electron chi connectivity index (χ1n) is 3.96. The number of nitrogens with one attached hydrogen (secondary N) is 1. The summed E-state index contributed by atoms with van der Waals surface area (Å²) >= 11 is 0. The summed E-state index contributed by atoms with van der Waals surface area (Å²) in [4.78, 5) is 2.35. The summed E-state index contributed by atoms with van der Waals surface area (Å²) in [6.07, 6.45) is 0. The lowest BCUT2D eigenvalue weighted by Gasteiger charge is -2.36. The third-order valence-electron chi connectivity index (χ3n) is 2.09. The first kappa shape index (κ1) is 7.98. The molecule has 0 aromatic heterocycles. The standard InChI is InChI=1S/C7H16N2O/c1-7(2)8-3-5-9(10)6-4-8/h7,9H,3-6H2,1-2H3. The Morgan fingerprint density at radius 1 is 1.30 bits per heavy atom. The minimum Gasteiger partial charge on any atom is -0.634 e. The SMILES string of the molecule is CC(C)N1CC[NH+]([O-])CC1. The van der Waals surface area contributed by atoms with Crippen LogP contribution in [0.1, 0.15) is 13.8 Å². The van der Waals surface area contributed by atoms with Crippen molar-refractivity contribution in [3.63, 3.8) is 0 Å². The van der Waals surface area contributed by atoms with Gasteiger partial charge in [-0.05, 0) is 13.8 Å². The van der Waals surface area contributed by atoms with Gasteiger partial charge in [-0.1, -0.05) is 0 Å². The highest BCUT2D eigenvalue weighted by atomic mass is 16.5. The molecule has 0 aromatic rings. The lowest BCUT2D eigenvalue weighted by Crippen LogP contribution is -3.10. The molecule has 1 rings (SSSR count). The van der Waals surface area contributed by atoms with Gasteiger partial charge in [0.2, 0.25) is 0 Å². The van der Waals surface area contributed by atoms with Crippen molar-refractivity contribution in [3.05, 3.63) is 5.21 Å². The summed E-state index contributed by atoms with van der Waals surface area (Å²) in [7, 11) is 0. The maximum absolute atomic E-state index is 10.8. The number of hydrogen-bond donors (Lipinski definition) is 1. The van der Waals surface area contributed by atoms with E-state index in [-0.39, 0.29) is 0 Å². The fourth-order valence-electron chi connectivity index (χ4n) is 1.29. The first-order chi connectivity index (χ1) is 4.70. The molecule has 0 unspecified atom stereocenters. The molecule has 0 atom stereocenters. The number of nitrogens with zero attached hydrogens (tertiary/aromatic N) is 1. The fraction of sp³-hybridized carbons (Fsp3) is 1.00. The van der Waals surface area contributed by atoms with Gasteiger partial charge in [0, 0.05) is 19.1 Å². The highest BCUT2D eigenvalue weighted by Crippen LogP contribution is 1.96. The number of piperazine rings is 1. The van der Waals surface area contributed by atoms with Gasteiger partial charge in [0.1, 0.15) is 0 Å². The van der Waals surface area contributed by atoms with Crippen LogP contribution >= 0.6 is 0 Å². The molecule has 0 aromatic carbocycles. The van der Waals surface area contributed by atoms with Crippen LogP contribution in [0.25, 0.3) is 0 Å². The minimum atomic E-state index is 0.428. The Morgan fingerprint density at radius 2 is 1.80 bits per heavy atom. The van der Waals surface area contributed by atoms with Gasteiger partial charge in [-0.3, -0.25) is 4.90 Å². The largest absolute Gasteiger partial charge is 0.634 e. The first-order valence-corrected chi connectivity index (χ1v) is 3.96. The zero-order chi connectivity index (χ0) is 7.56. The van der Waals surface area contributed by atoms with E-state index in [0.717, 1.165) is 26.2 Å². The molecule has 1 aliphatic heterocycles. The Bertz CT molecular complexity index is 97.8. The molecule has 0 aliphatic carbocycles. The van der Waals surface area contributed by atoms with E-state index in [0.29, 0.717) is 11.1 Å². The Kier molecular flexibility index (Phi) is 2.65. The van der Waals surface area contributed by atoms with Crippen molar-refractivity contribution in [2.45, 2.75) is 19.9 Å². The van der Waals surface area contributed by atoms with Crippen LogP contribution in [0, 0.1) is 5.21 Å². The zero-order valence-electron chi connectivity index (χ0n) is 6.76. The highest BCUT2D eigenvalue weighted by Gasteiger charge is 2.16. The highest BCUT2D eigenvalue weighted by molar-refractivity contribution is 4.64. The molecule has 1 aliphatic rings. The van der Waals surface area contributed by atoms with Gasteiger partial charge in [-0.25, -0.2) is 0 Å². The quantitative estimate of drug-likeness (QED) is 0.483. The topological polar surface area (TPSA) is 30.7 Å². The molecule has 1 saturated heterocycles. The smallest absolute Gasteiger partial charge is 0.0897 e. The second-order valence-corrected chi connectivity index (χ2v) is 3.17. The Morgan fingerprint density at radius 3 is 2.20 bits per heavy atom. The summed E-state index contributed by atoms with van der Waals surface area (Å²) in [6.45, 7) is 7.81. The normalized spacial score (nSPS) is 24.0. The van der Waals surface area contributed by atoms with Crippen molar-refractivity contribution in [2.75, 3.05) is 26.2 Å². The number of rotatable bonds is 1. The Balaban J connectivity index is 2.26. The van der Waals surface area contributed by atoms with Crippen LogP contribution in [0.4, 0.5) is 0 Å². The van der Waals surface area contributed by atoms with E-state index in [1.54, 1.807) is 0 Å². The van der Waals surface area contributed by atoms with Crippen LogP contribution in [0.3, 0.4) is 0 Å². The van der Waals surface area contributed by atoms with Crippen molar-refractivity contribution in [3.8, 4) is 0 Å². The van der Waals surface area contributed by atoms with Crippen molar-refractivity contribution in [2.24, 2.45) is 0 Å². The maximum Gasteiger partial charge on any atom is 0.0897 e. The molecule has 1 heterocycles. The van der Waals surface area contributed by atoms with E-state index in [4.69, 9.17) is 0 Å². The van der Waals surface area contributed by atoms with E-state index in [2.05, 4.69) is 18.7 Å². The van der Waals surface area contributed by atoms with Crippen molar-refractivity contribution in [1.29, 1.82) is 0 Å². The summed E-state index contributed by atoms with van der Waals surface area (Å²) in [5.74, 6) is 0. The molecule has 3 nitrogen and oxygen atoms in total. The van der Waals surface area contributed by atoms with E-state index in [1.807, 2.05) is 0 Å². The van der Waals surface area contributed by atoms with Crippen LogP contribution in [0.5, 0.6) is 0 Å². The van der Waals surface area contributed by atoms with Gasteiger partial charge in [-0.15, -0.1) is 0 Å². The van der Waals surface area contributed by atoms with Crippen LogP contribution < -0.4 is 5.06 Å². The van der Waals surface area contributed by atoms with Crippen molar-refractivity contribution >= 4 is 0 Å². The molecular weight excluding hydrogens is 128 g/mol. The molecule has 0 spiro atoms. The molecule has 10 heavy (non-hydrogen) atoms. The predicted molar refractivity (Wildman–Crippen MR) is 40.8 cm³/mol. The second kappa shape index (κ2) is 3.32. The van der Waals surface area contributed by atoms with Gasteiger partial charge in [0.15, 0.2) is 0 Å².